The molecule has 2 heterocycles. The van der Waals surface area contributed by atoms with Gasteiger partial charge in [-0.2, -0.15) is 0 Å². The molecule has 0 saturated carbocycles. The van der Waals surface area contributed by atoms with Gasteiger partial charge in [0.2, 0.25) is 11.8 Å². The number of benzene rings is 1. The maximum atomic E-state index is 12.9. The Morgan fingerprint density at radius 3 is 2.44 bits per heavy atom. The molecule has 0 unspecified atom stereocenters. The van der Waals surface area contributed by atoms with Crippen molar-refractivity contribution in [2.45, 2.75) is 32.5 Å². The summed E-state index contributed by atoms with van der Waals surface area (Å²) in [6.45, 7) is 5.52. The largest absolute Gasteiger partial charge is 0.347 e. The molecule has 2 aliphatic rings. The number of nitrogens with zero attached hydrogens (tertiary/aromatic N) is 1. The summed E-state index contributed by atoms with van der Waals surface area (Å²) in [5.41, 5.74) is -0.603. The smallest absolute Gasteiger partial charge is 0.239 e. The molecule has 1 spiro atoms. The third kappa shape index (κ3) is 3.81. The number of nitrogens with one attached hydrogen (secondary N) is 1. The van der Waals surface area contributed by atoms with E-state index in [9.17, 15) is 9.59 Å². The summed E-state index contributed by atoms with van der Waals surface area (Å²) in [7, 11) is 0. The summed E-state index contributed by atoms with van der Waals surface area (Å²) < 4.78 is 11.4. The van der Waals surface area contributed by atoms with Crippen molar-refractivity contribution in [3.05, 3.63) is 29.3 Å². The molecule has 2 amide bonds. The molecule has 25 heavy (non-hydrogen) atoms. The van der Waals surface area contributed by atoms with Crippen molar-refractivity contribution in [3.63, 3.8) is 0 Å². The number of ether oxygens (including phenoxy) is 2. The fourth-order valence-corrected chi connectivity index (χ4v) is 3.37. The average Bonchev–Trinajstić information content (AvgIpc) is 3.03. The first kappa shape index (κ1) is 18.2. The van der Waals surface area contributed by atoms with Crippen LogP contribution in [0.3, 0.4) is 0 Å². The molecular formula is C18H23ClN2O4. The summed E-state index contributed by atoms with van der Waals surface area (Å²) in [5.74, 6) is -1.09. The van der Waals surface area contributed by atoms with Crippen LogP contribution >= 0.6 is 11.6 Å². The van der Waals surface area contributed by atoms with E-state index in [-0.39, 0.29) is 11.8 Å². The summed E-state index contributed by atoms with van der Waals surface area (Å²) >= 11 is 5.94. The van der Waals surface area contributed by atoms with Gasteiger partial charge < -0.3 is 19.7 Å². The second kappa shape index (κ2) is 6.94. The van der Waals surface area contributed by atoms with Crippen molar-refractivity contribution in [2.75, 3.05) is 31.6 Å². The van der Waals surface area contributed by atoms with E-state index in [1.54, 1.807) is 43.0 Å². The maximum absolute atomic E-state index is 12.9. The zero-order valence-corrected chi connectivity index (χ0v) is 15.3. The number of hydrogen-bond acceptors (Lipinski definition) is 4. The van der Waals surface area contributed by atoms with Crippen LogP contribution in [0.4, 0.5) is 5.69 Å². The third-order valence-electron chi connectivity index (χ3n) is 4.81. The quantitative estimate of drug-likeness (QED) is 0.835. The number of anilines is 1. The SMILES string of the molecule is CC(C)(C(=O)Nc1cccc(Cl)c1)C(=O)N1CCC2(CC1)OCCO2. The number of piperidine rings is 1. The molecule has 2 saturated heterocycles. The molecule has 2 aliphatic heterocycles. The topological polar surface area (TPSA) is 67.9 Å². The molecule has 1 aromatic rings. The third-order valence-corrected chi connectivity index (χ3v) is 5.05. The number of hydrogen-bond donors (Lipinski definition) is 1. The first-order valence-corrected chi connectivity index (χ1v) is 8.85. The van der Waals surface area contributed by atoms with Crippen LogP contribution in [0.5, 0.6) is 0 Å². The van der Waals surface area contributed by atoms with Gasteiger partial charge in [-0.1, -0.05) is 17.7 Å². The summed E-state index contributed by atoms with van der Waals surface area (Å²) in [4.78, 5) is 27.2. The fourth-order valence-electron chi connectivity index (χ4n) is 3.18. The van der Waals surface area contributed by atoms with Gasteiger partial charge in [-0.25, -0.2) is 0 Å². The molecule has 1 aromatic carbocycles. The molecule has 3 rings (SSSR count). The molecule has 0 aromatic heterocycles. The lowest BCUT2D eigenvalue weighted by atomic mass is 9.88. The van der Waals surface area contributed by atoms with E-state index in [1.165, 1.54) is 0 Å². The zero-order chi connectivity index (χ0) is 18.1. The molecule has 6 nitrogen and oxygen atoms in total. The van der Waals surface area contributed by atoms with Crippen LogP contribution in [0, 0.1) is 5.41 Å². The zero-order valence-electron chi connectivity index (χ0n) is 14.5. The Morgan fingerprint density at radius 2 is 1.84 bits per heavy atom. The van der Waals surface area contributed by atoms with Crippen molar-refractivity contribution >= 4 is 29.1 Å². The van der Waals surface area contributed by atoms with Crippen molar-refractivity contribution < 1.29 is 19.1 Å². The van der Waals surface area contributed by atoms with E-state index in [0.29, 0.717) is 49.9 Å². The van der Waals surface area contributed by atoms with Gasteiger partial charge in [0.15, 0.2) is 5.79 Å². The Balaban J connectivity index is 1.63. The van der Waals surface area contributed by atoms with Crippen LogP contribution < -0.4 is 5.32 Å². The van der Waals surface area contributed by atoms with Gasteiger partial charge >= 0.3 is 0 Å². The highest BCUT2D eigenvalue weighted by Gasteiger charge is 2.45. The molecular weight excluding hydrogens is 344 g/mol. The monoisotopic (exact) mass is 366 g/mol. The Hall–Kier alpha value is -1.63. The molecule has 136 valence electrons. The van der Waals surface area contributed by atoms with Gasteiger partial charge in [0.05, 0.1) is 13.2 Å². The number of carbonyl (C=O) groups is 2. The maximum Gasteiger partial charge on any atom is 0.239 e. The van der Waals surface area contributed by atoms with Crippen molar-refractivity contribution in [3.8, 4) is 0 Å². The highest BCUT2D eigenvalue weighted by molar-refractivity contribution is 6.31. The first-order valence-electron chi connectivity index (χ1n) is 8.47. The minimum Gasteiger partial charge on any atom is -0.347 e. The number of amides is 2. The lowest BCUT2D eigenvalue weighted by Gasteiger charge is -2.40. The molecule has 0 radical (unpaired) electrons. The van der Waals surface area contributed by atoms with Crippen LogP contribution in [-0.2, 0) is 19.1 Å². The normalized spacial score (nSPS) is 19.9. The van der Waals surface area contributed by atoms with Crippen molar-refractivity contribution in [1.29, 1.82) is 0 Å². The van der Waals surface area contributed by atoms with Crippen molar-refractivity contribution in [1.82, 2.24) is 4.90 Å². The predicted octanol–water partition coefficient (Wildman–Crippen LogP) is 2.67. The van der Waals surface area contributed by atoms with E-state index < -0.39 is 11.2 Å². The standard InChI is InChI=1S/C18H23ClN2O4/c1-17(2,15(22)20-14-5-3-4-13(19)12-14)16(23)21-8-6-18(7-9-21)24-10-11-25-18/h3-5,12H,6-11H2,1-2H3,(H,20,22). The molecule has 2 fully saturated rings. The van der Waals surface area contributed by atoms with E-state index in [4.69, 9.17) is 21.1 Å². The van der Waals surface area contributed by atoms with Gasteiger partial charge in [0.1, 0.15) is 5.41 Å². The minimum atomic E-state index is -1.18. The number of halogens is 1. The van der Waals surface area contributed by atoms with E-state index in [2.05, 4.69) is 5.32 Å². The predicted molar refractivity (Wildman–Crippen MR) is 94.3 cm³/mol. The summed E-state index contributed by atoms with van der Waals surface area (Å²) in [6, 6.07) is 6.87. The Morgan fingerprint density at radius 1 is 1.20 bits per heavy atom. The van der Waals surface area contributed by atoms with Gasteiger partial charge in [0, 0.05) is 36.6 Å². The van der Waals surface area contributed by atoms with Gasteiger partial charge in [-0.15, -0.1) is 0 Å². The summed E-state index contributed by atoms with van der Waals surface area (Å²) in [5, 5.41) is 3.30. The van der Waals surface area contributed by atoms with Gasteiger partial charge in [0.25, 0.3) is 0 Å². The van der Waals surface area contributed by atoms with Gasteiger partial charge in [-0.3, -0.25) is 9.59 Å². The van der Waals surface area contributed by atoms with Crippen LogP contribution in [0.25, 0.3) is 0 Å². The lowest BCUT2D eigenvalue weighted by molar-refractivity contribution is -0.189. The van der Waals surface area contributed by atoms with Gasteiger partial charge in [-0.05, 0) is 32.0 Å². The minimum absolute atomic E-state index is 0.195. The molecule has 0 aliphatic carbocycles. The number of likely N-dealkylation sites (tertiary alicyclic amines) is 1. The summed E-state index contributed by atoms with van der Waals surface area (Å²) in [6.07, 6.45) is 1.26. The van der Waals surface area contributed by atoms with Crippen LogP contribution in [-0.4, -0.2) is 48.8 Å². The Kier molecular flexibility index (Phi) is 5.04. The van der Waals surface area contributed by atoms with Crippen molar-refractivity contribution in [2.24, 2.45) is 5.41 Å². The van der Waals surface area contributed by atoms with Crippen LogP contribution in [0.15, 0.2) is 24.3 Å². The molecule has 0 bridgehead atoms. The highest BCUT2D eigenvalue weighted by atomic mass is 35.5. The number of rotatable bonds is 3. The van der Waals surface area contributed by atoms with Crippen LogP contribution in [0.1, 0.15) is 26.7 Å². The van der Waals surface area contributed by atoms with Crippen LogP contribution in [0.2, 0.25) is 5.02 Å². The second-order valence-electron chi connectivity index (χ2n) is 6.99. The second-order valence-corrected chi connectivity index (χ2v) is 7.43. The Bertz CT molecular complexity index is 661. The van der Waals surface area contributed by atoms with E-state index >= 15 is 0 Å². The first-order chi connectivity index (χ1) is 11.8. The molecule has 7 heteroatoms. The highest BCUT2D eigenvalue weighted by Crippen LogP contribution is 2.33. The van der Waals surface area contributed by atoms with E-state index in [0.717, 1.165) is 0 Å². The number of carbonyl (C=O) groups excluding carboxylic acids is 2. The fraction of sp³-hybridized carbons (Fsp3) is 0.556. The lowest BCUT2D eigenvalue weighted by Crippen LogP contribution is -2.53. The average molecular weight is 367 g/mol. The molecule has 1 N–H and O–H groups in total. The Labute approximate surface area is 152 Å². The molecule has 0 atom stereocenters. The van der Waals surface area contributed by atoms with E-state index in [1.807, 2.05) is 0 Å².